The highest BCUT2D eigenvalue weighted by molar-refractivity contribution is 6.08. The minimum absolute atomic E-state index is 0.216. The van der Waals surface area contributed by atoms with Crippen LogP contribution in [0, 0.1) is 0 Å². The summed E-state index contributed by atoms with van der Waals surface area (Å²) in [6.07, 6.45) is -0.978. The summed E-state index contributed by atoms with van der Waals surface area (Å²) in [5.41, 5.74) is 1.79. The number of para-hydroxylation sites is 1. The molecule has 0 unspecified atom stereocenters. The van der Waals surface area contributed by atoms with Crippen LogP contribution in [0.3, 0.4) is 0 Å². The molecule has 0 aliphatic carbocycles. The average Bonchev–Trinajstić information content (AvgIpc) is 2.98. The van der Waals surface area contributed by atoms with E-state index < -0.39 is 18.0 Å². The van der Waals surface area contributed by atoms with Crippen LogP contribution < -0.4 is 10.1 Å². The van der Waals surface area contributed by atoms with Crippen molar-refractivity contribution in [1.29, 1.82) is 0 Å². The molecule has 0 radical (unpaired) electrons. The lowest BCUT2D eigenvalue weighted by molar-refractivity contribution is -0.156. The first kappa shape index (κ1) is 17.8. The normalized spacial score (nSPS) is 12.1. The summed E-state index contributed by atoms with van der Waals surface area (Å²) in [5, 5.41) is 4.55. The summed E-state index contributed by atoms with van der Waals surface area (Å²) in [6.45, 7) is 1.26. The van der Waals surface area contributed by atoms with E-state index in [0.717, 1.165) is 16.4 Å². The summed E-state index contributed by atoms with van der Waals surface area (Å²) in [5.74, 6) is -0.620. The van der Waals surface area contributed by atoms with E-state index in [-0.39, 0.29) is 6.61 Å². The second kappa shape index (κ2) is 7.45. The maximum absolute atomic E-state index is 12.3. The number of benzene rings is 2. The van der Waals surface area contributed by atoms with Gasteiger partial charge in [-0.1, -0.05) is 18.2 Å². The van der Waals surface area contributed by atoms with Gasteiger partial charge in [-0.3, -0.25) is 4.79 Å². The molecule has 0 spiro atoms. The fourth-order valence-corrected chi connectivity index (χ4v) is 2.65. The summed E-state index contributed by atoms with van der Waals surface area (Å²) in [4.78, 5) is 23.8. The van der Waals surface area contributed by atoms with Crippen LogP contribution in [-0.2, 0) is 19.1 Å². The first-order chi connectivity index (χ1) is 12.5. The molecule has 26 heavy (non-hydrogen) atoms. The lowest BCUT2D eigenvalue weighted by Gasteiger charge is -2.15. The number of furan rings is 1. The molecule has 0 bridgehead atoms. The minimum atomic E-state index is -0.978. The van der Waals surface area contributed by atoms with Gasteiger partial charge in [0.2, 0.25) is 0 Å². The molecule has 1 heterocycles. The zero-order valence-corrected chi connectivity index (χ0v) is 14.7. The number of anilines is 1. The summed E-state index contributed by atoms with van der Waals surface area (Å²) >= 11 is 0. The van der Waals surface area contributed by atoms with Gasteiger partial charge in [-0.2, -0.15) is 0 Å². The van der Waals surface area contributed by atoms with Gasteiger partial charge in [0.25, 0.3) is 5.91 Å². The first-order valence-electron chi connectivity index (χ1n) is 8.02. The largest absolute Gasteiger partial charge is 0.495 e. The minimum Gasteiger partial charge on any atom is -0.495 e. The van der Waals surface area contributed by atoms with Crippen LogP contribution in [0.2, 0.25) is 0 Å². The van der Waals surface area contributed by atoms with E-state index in [1.54, 1.807) is 12.1 Å². The van der Waals surface area contributed by atoms with Crippen molar-refractivity contribution in [2.75, 3.05) is 26.1 Å². The SMILES string of the molecule is COCC(=O)O[C@H](C)C(=O)Nc1cc2oc3ccccc3c2cc1OC. The van der Waals surface area contributed by atoms with Gasteiger partial charge in [0.05, 0.1) is 12.8 Å². The van der Waals surface area contributed by atoms with Crippen LogP contribution in [0.4, 0.5) is 5.69 Å². The first-order valence-corrected chi connectivity index (χ1v) is 8.02. The van der Waals surface area contributed by atoms with Crippen LogP contribution >= 0.6 is 0 Å². The standard InChI is InChI=1S/C19H19NO6/c1-11(25-18(21)10-23-2)19(22)20-14-9-16-13(8-17(14)24-3)12-6-4-5-7-15(12)26-16/h4-9,11H,10H2,1-3H3,(H,20,22)/t11-/m1/s1. The predicted molar refractivity (Wildman–Crippen MR) is 96.3 cm³/mol. The molecule has 3 aromatic rings. The van der Waals surface area contributed by atoms with Gasteiger partial charge in [-0.15, -0.1) is 0 Å². The summed E-state index contributed by atoms with van der Waals surface area (Å²) in [7, 11) is 2.89. The Labute approximate surface area is 149 Å². The number of carbonyl (C=O) groups excluding carboxylic acids is 2. The number of nitrogens with one attached hydrogen (secondary N) is 1. The Morgan fingerprint density at radius 3 is 2.62 bits per heavy atom. The van der Waals surface area contributed by atoms with Crippen molar-refractivity contribution in [3.05, 3.63) is 36.4 Å². The van der Waals surface area contributed by atoms with Crippen molar-refractivity contribution in [3.63, 3.8) is 0 Å². The van der Waals surface area contributed by atoms with E-state index in [4.69, 9.17) is 13.9 Å². The topological polar surface area (TPSA) is 87.0 Å². The molecule has 3 rings (SSSR count). The van der Waals surface area contributed by atoms with Gasteiger partial charge >= 0.3 is 5.97 Å². The predicted octanol–water partition coefficient (Wildman–Crippen LogP) is 3.11. The Morgan fingerprint density at radius 1 is 1.12 bits per heavy atom. The maximum Gasteiger partial charge on any atom is 0.332 e. The lowest BCUT2D eigenvalue weighted by atomic mass is 10.1. The third-order valence-electron chi connectivity index (χ3n) is 3.90. The Hall–Kier alpha value is -3.06. The van der Waals surface area contributed by atoms with Crippen molar-refractivity contribution in [2.24, 2.45) is 0 Å². The number of hydrogen-bond acceptors (Lipinski definition) is 6. The molecule has 0 aliphatic rings. The van der Waals surface area contributed by atoms with E-state index >= 15 is 0 Å². The van der Waals surface area contributed by atoms with Crippen molar-refractivity contribution in [2.45, 2.75) is 13.0 Å². The van der Waals surface area contributed by atoms with E-state index in [0.29, 0.717) is 17.0 Å². The van der Waals surface area contributed by atoms with Crippen LogP contribution in [0.15, 0.2) is 40.8 Å². The van der Waals surface area contributed by atoms with Crippen LogP contribution in [0.1, 0.15) is 6.92 Å². The lowest BCUT2D eigenvalue weighted by Crippen LogP contribution is -2.31. The van der Waals surface area contributed by atoms with Gasteiger partial charge < -0.3 is 23.9 Å². The van der Waals surface area contributed by atoms with Gasteiger partial charge in [-0.05, 0) is 19.1 Å². The number of fused-ring (bicyclic) bond motifs is 3. The number of hydrogen-bond donors (Lipinski definition) is 1. The number of amides is 1. The highest BCUT2D eigenvalue weighted by Crippen LogP contribution is 2.36. The summed E-state index contributed by atoms with van der Waals surface area (Å²) < 4.78 is 20.9. The number of ether oxygens (including phenoxy) is 3. The van der Waals surface area contributed by atoms with Gasteiger partial charge in [0, 0.05) is 23.9 Å². The van der Waals surface area contributed by atoms with E-state index in [1.165, 1.54) is 21.1 Å². The molecule has 0 fully saturated rings. The molecule has 1 atom stereocenters. The van der Waals surface area contributed by atoms with Crippen molar-refractivity contribution >= 4 is 39.5 Å². The number of carbonyl (C=O) groups is 2. The highest BCUT2D eigenvalue weighted by Gasteiger charge is 2.20. The van der Waals surface area contributed by atoms with E-state index in [1.807, 2.05) is 24.3 Å². The number of rotatable bonds is 6. The number of esters is 1. The fourth-order valence-electron chi connectivity index (χ4n) is 2.65. The second-order valence-electron chi connectivity index (χ2n) is 5.70. The molecule has 7 heteroatoms. The molecule has 2 aromatic carbocycles. The zero-order chi connectivity index (χ0) is 18.7. The van der Waals surface area contributed by atoms with Crippen LogP contribution in [-0.4, -0.2) is 38.8 Å². The summed E-state index contributed by atoms with van der Waals surface area (Å²) in [6, 6.07) is 11.1. The Bertz CT molecular complexity index is 961. The van der Waals surface area contributed by atoms with Gasteiger partial charge in [0.15, 0.2) is 6.10 Å². The zero-order valence-electron chi connectivity index (χ0n) is 14.7. The number of methoxy groups -OCH3 is 2. The van der Waals surface area contributed by atoms with Crippen LogP contribution in [0.5, 0.6) is 5.75 Å². The molecular formula is C19H19NO6. The van der Waals surface area contributed by atoms with Gasteiger partial charge in [-0.25, -0.2) is 4.79 Å². The Balaban J connectivity index is 1.88. The highest BCUT2D eigenvalue weighted by atomic mass is 16.6. The third-order valence-corrected chi connectivity index (χ3v) is 3.90. The molecule has 7 nitrogen and oxygen atoms in total. The Kier molecular flexibility index (Phi) is 5.09. The maximum atomic E-state index is 12.3. The second-order valence-corrected chi connectivity index (χ2v) is 5.70. The van der Waals surface area contributed by atoms with E-state index in [9.17, 15) is 9.59 Å². The molecule has 1 amide bonds. The Morgan fingerprint density at radius 2 is 1.88 bits per heavy atom. The van der Waals surface area contributed by atoms with E-state index in [2.05, 4.69) is 10.1 Å². The fraction of sp³-hybridized carbons (Fsp3) is 0.263. The molecule has 1 aromatic heterocycles. The molecule has 0 aliphatic heterocycles. The molecular weight excluding hydrogens is 338 g/mol. The van der Waals surface area contributed by atoms with Gasteiger partial charge in [0.1, 0.15) is 23.5 Å². The molecule has 136 valence electrons. The van der Waals surface area contributed by atoms with Crippen LogP contribution in [0.25, 0.3) is 21.9 Å². The molecule has 1 N–H and O–H groups in total. The smallest absolute Gasteiger partial charge is 0.332 e. The average molecular weight is 357 g/mol. The van der Waals surface area contributed by atoms with Crippen molar-refractivity contribution in [1.82, 2.24) is 0 Å². The molecule has 0 saturated carbocycles. The monoisotopic (exact) mass is 357 g/mol. The quantitative estimate of drug-likeness (QED) is 0.682. The van der Waals surface area contributed by atoms with Crippen molar-refractivity contribution < 1.29 is 28.2 Å². The molecule has 0 saturated heterocycles. The third kappa shape index (κ3) is 3.48. The van der Waals surface area contributed by atoms with Crippen molar-refractivity contribution in [3.8, 4) is 5.75 Å².